The van der Waals surface area contributed by atoms with Gasteiger partial charge in [0.25, 0.3) is 0 Å². The third kappa shape index (κ3) is 3.94. The number of carbonyl (C=O) groups is 2. The van der Waals surface area contributed by atoms with E-state index < -0.39 is 5.92 Å². The van der Waals surface area contributed by atoms with Crippen LogP contribution in [-0.2, 0) is 4.79 Å². The minimum atomic E-state index is -0.532. The van der Waals surface area contributed by atoms with Gasteiger partial charge in [-0.3, -0.25) is 9.59 Å². The van der Waals surface area contributed by atoms with Crippen LogP contribution in [0, 0.1) is 26.7 Å². The van der Waals surface area contributed by atoms with Gasteiger partial charge in [0.05, 0.1) is 17.3 Å². The normalized spacial score (nSPS) is 17.2. The molecule has 2 atom stereocenters. The lowest BCUT2D eigenvalue weighted by Gasteiger charge is -2.32. The van der Waals surface area contributed by atoms with Gasteiger partial charge in [0.1, 0.15) is 5.82 Å². The van der Waals surface area contributed by atoms with E-state index in [0.29, 0.717) is 11.4 Å². The van der Waals surface area contributed by atoms with E-state index >= 15 is 0 Å². The highest BCUT2D eigenvalue weighted by Gasteiger charge is 2.41. The largest absolute Gasteiger partial charge is 0.310 e. The fraction of sp³-hybridized carbons (Fsp3) is 0.207. The van der Waals surface area contributed by atoms with Gasteiger partial charge in [-0.15, -0.1) is 0 Å². The van der Waals surface area contributed by atoms with Crippen molar-refractivity contribution in [2.75, 3.05) is 5.32 Å². The maximum atomic E-state index is 13.5. The van der Waals surface area contributed by atoms with Crippen molar-refractivity contribution in [3.63, 3.8) is 0 Å². The smallest absolute Gasteiger partial charge is 0.230 e. The molecule has 1 amide bonds. The molecule has 0 saturated heterocycles. The number of nitrogens with zero attached hydrogens (tertiary/aromatic N) is 2. The topological polar surface area (TPSA) is 64.0 Å². The number of carbonyl (C=O) groups excluding carboxylic acids is 2. The molecule has 5 nitrogen and oxygen atoms in total. The van der Waals surface area contributed by atoms with Crippen LogP contribution in [0.25, 0.3) is 5.69 Å². The van der Waals surface area contributed by atoms with Gasteiger partial charge < -0.3 is 5.32 Å². The molecule has 0 saturated carbocycles. The molecule has 3 aromatic carbocycles. The number of ketones is 1. The van der Waals surface area contributed by atoms with Gasteiger partial charge in [0, 0.05) is 23.5 Å². The van der Waals surface area contributed by atoms with E-state index in [4.69, 9.17) is 5.10 Å². The minimum absolute atomic E-state index is 0.0301. The van der Waals surface area contributed by atoms with Crippen LogP contribution in [0.3, 0.4) is 0 Å². The average Bonchev–Trinajstić information content (AvgIpc) is 3.16. The number of hydrogen-bond donors (Lipinski definition) is 1. The second-order valence-electron chi connectivity index (χ2n) is 9.08. The Morgan fingerprint density at radius 2 is 1.65 bits per heavy atom. The van der Waals surface area contributed by atoms with Crippen molar-refractivity contribution in [1.82, 2.24) is 9.78 Å². The monoisotopic (exact) mass is 449 g/mol. The number of anilines is 1. The molecule has 0 aliphatic carbocycles. The van der Waals surface area contributed by atoms with Crippen molar-refractivity contribution in [2.24, 2.45) is 5.92 Å². The van der Waals surface area contributed by atoms with Crippen LogP contribution < -0.4 is 5.32 Å². The molecule has 1 aromatic heterocycles. The first kappa shape index (κ1) is 21.8. The zero-order valence-corrected chi connectivity index (χ0v) is 19.6. The summed E-state index contributed by atoms with van der Waals surface area (Å²) in [5.41, 5.74) is 6.51. The quantitative estimate of drug-likeness (QED) is 0.393. The molecule has 1 aliphatic rings. The number of para-hydroxylation sites is 1. The molecule has 5 rings (SSSR count). The third-order valence-corrected chi connectivity index (χ3v) is 6.58. The molecule has 0 bridgehead atoms. The lowest BCUT2D eigenvalue weighted by Crippen LogP contribution is -2.36. The first-order chi connectivity index (χ1) is 16.4. The Morgan fingerprint density at radius 3 is 2.35 bits per heavy atom. The minimum Gasteiger partial charge on any atom is -0.310 e. The predicted molar refractivity (Wildman–Crippen MR) is 134 cm³/mol. The lowest BCUT2D eigenvalue weighted by atomic mass is 9.75. The Labute approximate surface area is 199 Å². The number of aromatic nitrogens is 2. The summed E-state index contributed by atoms with van der Waals surface area (Å²) in [7, 11) is 0. The van der Waals surface area contributed by atoms with Crippen LogP contribution >= 0.6 is 0 Å². The maximum Gasteiger partial charge on any atom is 0.230 e. The summed E-state index contributed by atoms with van der Waals surface area (Å²) in [6, 6.07) is 25.6. The number of amides is 1. The summed E-state index contributed by atoms with van der Waals surface area (Å²) in [4.78, 5) is 26.8. The van der Waals surface area contributed by atoms with E-state index in [1.54, 1.807) is 4.68 Å². The highest BCUT2D eigenvalue weighted by Crippen LogP contribution is 2.44. The molecular weight excluding hydrogens is 422 g/mol. The standard InChI is InChI=1S/C29H27N3O2/c1-18-12-14-21(15-13-18)27-24(17-25(33)22-9-7-8-19(2)16-22)29(34)30-28-26(27)20(3)31-32(28)23-10-5-4-6-11-23/h4-16,24,27H,17H2,1-3H3,(H,30,34)/t24-,27-/m0/s1. The van der Waals surface area contributed by atoms with Crippen molar-refractivity contribution in [1.29, 1.82) is 0 Å². The first-order valence-corrected chi connectivity index (χ1v) is 11.5. The van der Waals surface area contributed by atoms with Crippen LogP contribution in [0.4, 0.5) is 5.82 Å². The Bertz CT molecular complexity index is 1370. The van der Waals surface area contributed by atoms with Crippen LogP contribution in [0.2, 0.25) is 0 Å². The van der Waals surface area contributed by atoms with E-state index in [9.17, 15) is 9.59 Å². The highest BCUT2D eigenvalue weighted by atomic mass is 16.2. The molecule has 0 fully saturated rings. The maximum absolute atomic E-state index is 13.5. The van der Waals surface area contributed by atoms with E-state index in [-0.39, 0.29) is 24.0 Å². The van der Waals surface area contributed by atoms with E-state index in [1.807, 2.05) is 75.4 Å². The number of aryl methyl sites for hydroxylation is 3. The summed E-state index contributed by atoms with van der Waals surface area (Å²) < 4.78 is 1.79. The SMILES string of the molecule is Cc1ccc([C@@H]2c3c(C)nn(-c4ccccc4)c3NC(=O)[C@H]2CC(=O)c2cccc(C)c2)cc1. The first-order valence-electron chi connectivity index (χ1n) is 11.5. The Balaban J connectivity index is 1.62. The number of fused-ring (bicyclic) bond motifs is 1. The fourth-order valence-electron chi connectivity index (χ4n) is 4.87. The molecule has 1 N–H and O–H groups in total. The van der Waals surface area contributed by atoms with E-state index in [0.717, 1.165) is 33.6 Å². The third-order valence-electron chi connectivity index (χ3n) is 6.58. The fourth-order valence-corrected chi connectivity index (χ4v) is 4.87. The molecule has 0 radical (unpaired) electrons. The summed E-state index contributed by atoms with van der Waals surface area (Å²) in [6.07, 6.45) is 0.128. The van der Waals surface area contributed by atoms with Crippen LogP contribution in [0.5, 0.6) is 0 Å². The summed E-state index contributed by atoms with van der Waals surface area (Å²) in [6.45, 7) is 5.98. The molecule has 0 spiro atoms. The molecule has 34 heavy (non-hydrogen) atoms. The Kier molecular flexibility index (Phi) is 5.62. The van der Waals surface area contributed by atoms with Crippen molar-refractivity contribution in [2.45, 2.75) is 33.1 Å². The Morgan fingerprint density at radius 1 is 0.912 bits per heavy atom. The van der Waals surface area contributed by atoms with Gasteiger partial charge in [-0.2, -0.15) is 5.10 Å². The Hall–Kier alpha value is -3.99. The molecule has 170 valence electrons. The number of Topliss-reactive ketones (excluding diaryl/α,β-unsaturated/α-hetero) is 1. The summed E-state index contributed by atoms with van der Waals surface area (Å²) in [5.74, 6) is -0.307. The molecule has 5 heteroatoms. The molecule has 2 heterocycles. The predicted octanol–water partition coefficient (Wildman–Crippen LogP) is 5.77. The summed E-state index contributed by atoms with van der Waals surface area (Å²) >= 11 is 0. The number of nitrogens with one attached hydrogen (secondary N) is 1. The van der Waals surface area contributed by atoms with Gasteiger partial charge in [-0.1, -0.05) is 71.8 Å². The number of hydrogen-bond acceptors (Lipinski definition) is 3. The van der Waals surface area contributed by atoms with Gasteiger partial charge in [0.2, 0.25) is 5.91 Å². The van der Waals surface area contributed by atoms with Crippen molar-refractivity contribution < 1.29 is 9.59 Å². The van der Waals surface area contributed by atoms with Gasteiger partial charge in [0.15, 0.2) is 5.78 Å². The van der Waals surface area contributed by atoms with Crippen LogP contribution in [0.1, 0.15) is 50.6 Å². The zero-order valence-electron chi connectivity index (χ0n) is 19.6. The molecule has 1 aliphatic heterocycles. The average molecular weight is 450 g/mol. The van der Waals surface area contributed by atoms with Gasteiger partial charge >= 0.3 is 0 Å². The second-order valence-corrected chi connectivity index (χ2v) is 9.08. The van der Waals surface area contributed by atoms with Gasteiger partial charge in [-0.05, 0) is 44.5 Å². The lowest BCUT2D eigenvalue weighted by molar-refractivity contribution is -0.120. The number of benzene rings is 3. The molecule has 4 aromatic rings. The second kappa shape index (κ2) is 8.75. The number of rotatable bonds is 5. The van der Waals surface area contributed by atoms with E-state index in [2.05, 4.69) is 29.6 Å². The van der Waals surface area contributed by atoms with Crippen molar-refractivity contribution >= 4 is 17.5 Å². The van der Waals surface area contributed by atoms with Crippen molar-refractivity contribution in [3.05, 3.63) is 112 Å². The van der Waals surface area contributed by atoms with Crippen LogP contribution in [-0.4, -0.2) is 21.5 Å². The van der Waals surface area contributed by atoms with Crippen molar-refractivity contribution in [3.8, 4) is 5.69 Å². The van der Waals surface area contributed by atoms with E-state index in [1.165, 1.54) is 0 Å². The van der Waals surface area contributed by atoms with Crippen LogP contribution in [0.15, 0.2) is 78.9 Å². The zero-order chi connectivity index (χ0) is 23.8. The summed E-state index contributed by atoms with van der Waals surface area (Å²) in [5, 5.41) is 7.88. The van der Waals surface area contributed by atoms with Gasteiger partial charge in [-0.25, -0.2) is 4.68 Å². The molecular formula is C29H27N3O2. The molecule has 0 unspecified atom stereocenters. The highest BCUT2D eigenvalue weighted by molar-refractivity contribution is 6.03.